The van der Waals surface area contributed by atoms with Crippen molar-refractivity contribution in [2.75, 3.05) is 7.11 Å². The van der Waals surface area contributed by atoms with Crippen LogP contribution >= 0.6 is 0 Å². The molecule has 0 aliphatic heterocycles. The number of hydrogen-bond donors (Lipinski definition) is 0. The lowest BCUT2D eigenvalue weighted by Crippen LogP contribution is -2.05. The number of ether oxygens (including phenoxy) is 1. The molecule has 0 saturated heterocycles. The van der Waals surface area contributed by atoms with E-state index in [1.165, 1.54) is 7.11 Å². The second kappa shape index (κ2) is 3.68. The molecule has 0 bridgehead atoms. The summed E-state index contributed by atoms with van der Waals surface area (Å²) in [6.07, 6.45) is 1.93. The van der Waals surface area contributed by atoms with Gasteiger partial charge in [0.05, 0.1) is 7.11 Å². The minimum absolute atomic E-state index is 0.108. The predicted octanol–water partition coefficient (Wildman–Crippen LogP) is 0.753. The highest BCUT2D eigenvalue weighted by Gasteiger charge is 2.08. The average molecular weight is 205 g/mol. The van der Waals surface area contributed by atoms with Crippen LogP contribution in [0.25, 0.3) is 5.65 Å². The van der Waals surface area contributed by atoms with E-state index in [2.05, 4.69) is 14.8 Å². The summed E-state index contributed by atoms with van der Waals surface area (Å²) in [4.78, 5) is 15.2. The van der Waals surface area contributed by atoms with Crippen LogP contribution in [0.5, 0.6) is 0 Å². The van der Waals surface area contributed by atoms with Gasteiger partial charge in [-0.25, -0.2) is 9.50 Å². The molecule has 0 fully saturated rings. The number of rotatable bonds is 2. The van der Waals surface area contributed by atoms with Crippen LogP contribution in [0, 0.1) is 6.92 Å². The Morgan fingerprint density at radius 2 is 2.40 bits per heavy atom. The Bertz CT molecular complexity index is 504. The largest absolute Gasteiger partial charge is 0.469 e. The third-order valence-corrected chi connectivity index (χ3v) is 2.07. The SMILES string of the molecule is COC(=O)Cc1nc2cc(C)ccn2n1. The van der Waals surface area contributed by atoms with Crippen molar-refractivity contribution in [1.82, 2.24) is 14.6 Å². The molecule has 15 heavy (non-hydrogen) atoms. The second-order valence-corrected chi connectivity index (χ2v) is 3.29. The van der Waals surface area contributed by atoms with Gasteiger partial charge in [-0.05, 0) is 24.6 Å². The van der Waals surface area contributed by atoms with Crippen molar-refractivity contribution in [3.63, 3.8) is 0 Å². The smallest absolute Gasteiger partial charge is 0.313 e. The van der Waals surface area contributed by atoms with Crippen LogP contribution in [0.15, 0.2) is 18.3 Å². The fourth-order valence-corrected chi connectivity index (χ4v) is 1.31. The molecule has 0 aliphatic rings. The minimum atomic E-state index is -0.331. The Morgan fingerprint density at radius 3 is 3.13 bits per heavy atom. The van der Waals surface area contributed by atoms with Crippen LogP contribution in [-0.4, -0.2) is 27.7 Å². The maximum Gasteiger partial charge on any atom is 0.313 e. The molecule has 0 aliphatic carbocycles. The summed E-state index contributed by atoms with van der Waals surface area (Å²) in [6, 6.07) is 3.84. The standard InChI is InChI=1S/C10H11N3O2/c1-7-3-4-13-9(5-7)11-8(12-13)6-10(14)15-2/h3-5H,6H2,1-2H3. The van der Waals surface area contributed by atoms with E-state index >= 15 is 0 Å². The highest BCUT2D eigenvalue weighted by molar-refractivity contribution is 5.71. The first-order valence-electron chi connectivity index (χ1n) is 4.58. The Kier molecular flexibility index (Phi) is 2.37. The summed E-state index contributed by atoms with van der Waals surface area (Å²) >= 11 is 0. The summed E-state index contributed by atoms with van der Waals surface area (Å²) < 4.78 is 6.19. The zero-order valence-electron chi connectivity index (χ0n) is 8.60. The zero-order chi connectivity index (χ0) is 10.8. The number of carbonyl (C=O) groups excluding carboxylic acids is 1. The van der Waals surface area contributed by atoms with E-state index in [1.807, 2.05) is 25.3 Å². The van der Waals surface area contributed by atoms with Gasteiger partial charge in [-0.1, -0.05) is 0 Å². The van der Waals surface area contributed by atoms with Gasteiger partial charge in [-0.2, -0.15) is 5.10 Å². The number of fused-ring (bicyclic) bond motifs is 1. The Morgan fingerprint density at radius 1 is 1.60 bits per heavy atom. The summed E-state index contributed by atoms with van der Waals surface area (Å²) in [5.74, 6) is 0.148. The van der Waals surface area contributed by atoms with Crippen molar-refractivity contribution in [1.29, 1.82) is 0 Å². The number of aromatic nitrogens is 3. The third kappa shape index (κ3) is 1.96. The van der Waals surface area contributed by atoms with Crippen molar-refractivity contribution < 1.29 is 9.53 Å². The van der Waals surface area contributed by atoms with Gasteiger partial charge in [0.25, 0.3) is 0 Å². The average Bonchev–Trinajstić information content (AvgIpc) is 2.59. The summed E-state index contributed by atoms with van der Waals surface area (Å²) in [5.41, 5.74) is 1.86. The lowest BCUT2D eigenvalue weighted by atomic mass is 10.3. The lowest BCUT2D eigenvalue weighted by molar-refractivity contribution is -0.139. The van der Waals surface area contributed by atoms with Crippen molar-refractivity contribution in [3.8, 4) is 0 Å². The molecule has 0 aromatic carbocycles. The fraction of sp³-hybridized carbons (Fsp3) is 0.300. The van der Waals surface area contributed by atoms with Crippen molar-refractivity contribution >= 4 is 11.6 Å². The topological polar surface area (TPSA) is 56.5 Å². The Balaban J connectivity index is 2.34. The molecule has 2 aromatic heterocycles. The highest BCUT2D eigenvalue weighted by atomic mass is 16.5. The molecular formula is C10H11N3O2. The van der Waals surface area contributed by atoms with Gasteiger partial charge in [0.1, 0.15) is 6.42 Å². The minimum Gasteiger partial charge on any atom is -0.469 e. The number of methoxy groups -OCH3 is 1. The normalized spacial score (nSPS) is 10.5. The molecule has 0 saturated carbocycles. The van der Waals surface area contributed by atoms with E-state index in [0.717, 1.165) is 11.2 Å². The molecule has 0 radical (unpaired) electrons. The molecular weight excluding hydrogens is 194 g/mol. The zero-order valence-corrected chi connectivity index (χ0v) is 8.60. The molecule has 0 spiro atoms. The molecule has 0 amide bonds. The molecule has 78 valence electrons. The first kappa shape index (κ1) is 9.64. The first-order valence-corrected chi connectivity index (χ1v) is 4.58. The molecule has 2 rings (SSSR count). The van der Waals surface area contributed by atoms with Crippen LogP contribution < -0.4 is 0 Å². The summed E-state index contributed by atoms with van der Waals surface area (Å²) in [5, 5.41) is 4.15. The first-order chi connectivity index (χ1) is 7.19. The van der Waals surface area contributed by atoms with Gasteiger partial charge in [0.15, 0.2) is 11.5 Å². The van der Waals surface area contributed by atoms with E-state index < -0.39 is 0 Å². The van der Waals surface area contributed by atoms with Gasteiger partial charge in [0.2, 0.25) is 0 Å². The third-order valence-electron chi connectivity index (χ3n) is 2.07. The molecule has 0 atom stereocenters. The molecule has 0 unspecified atom stereocenters. The van der Waals surface area contributed by atoms with E-state index in [4.69, 9.17) is 0 Å². The second-order valence-electron chi connectivity index (χ2n) is 3.29. The fourth-order valence-electron chi connectivity index (χ4n) is 1.31. The monoisotopic (exact) mass is 205 g/mol. The number of hydrogen-bond acceptors (Lipinski definition) is 4. The van der Waals surface area contributed by atoms with Crippen molar-refractivity contribution in [2.24, 2.45) is 0 Å². The van der Waals surface area contributed by atoms with Gasteiger partial charge >= 0.3 is 5.97 Å². The van der Waals surface area contributed by atoms with E-state index in [9.17, 15) is 4.79 Å². The quantitative estimate of drug-likeness (QED) is 0.679. The number of esters is 1. The van der Waals surface area contributed by atoms with Crippen LogP contribution in [0.1, 0.15) is 11.4 Å². The maximum atomic E-state index is 11.0. The van der Waals surface area contributed by atoms with Crippen molar-refractivity contribution in [2.45, 2.75) is 13.3 Å². The van der Waals surface area contributed by atoms with Crippen LogP contribution in [-0.2, 0) is 16.0 Å². The van der Waals surface area contributed by atoms with Crippen LogP contribution in [0.3, 0.4) is 0 Å². The molecule has 5 nitrogen and oxygen atoms in total. The summed E-state index contributed by atoms with van der Waals surface area (Å²) in [7, 11) is 1.35. The van der Waals surface area contributed by atoms with Crippen LogP contribution in [0.2, 0.25) is 0 Å². The Labute approximate surface area is 86.7 Å². The van der Waals surface area contributed by atoms with Gasteiger partial charge in [0, 0.05) is 6.20 Å². The summed E-state index contributed by atoms with van der Waals surface area (Å²) in [6.45, 7) is 1.98. The van der Waals surface area contributed by atoms with Gasteiger partial charge in [-0.15, -0.1) is 0 Å². The van der Waals surface area contributed by atoms with Gasteiger partial charge in [-0.3, -0.25) is 4.79 Å². The highest BCUT2D eigenvalue weighted by Crippen LogP contribution is 2.05. The lowest BCUT2D eigenvalue weighted by Gasteiger charge is -1.92. The maximum absolute atomic E-state index is 11.0. The molecule has 5 heteroatoms. The molecule has 2 aromatic rings. The number of carbonyl (C=O) groups is 1. The number of nitrogens with zero attached hydrogens (tertiary/aromatic N) is 3. The predicted molar refractivity (Wildman–Crippen MR) is 53.4 cm³/mol. The van der Waals surface area contributed by atoms with E-state index in [-0.39, 0.29) is 12.4 Å². The number of aryl methyl sites for hydroxylation is 1. The Hall–Kier alpha value is -1.91. The van der Waals surface area contributed by atoms with E-state index in [1.54, 1.807) is 4.52 Å². The number of pyridine rings is 1. The van der Waals surface area contributed by atoms with Gasteiger partial charge < -0.3 is 4.74 Å². The van der Waals surface area contributed by atoms with Crippen molar-refractivity contribution in [3.05, 3.63) is 29.7 Å². The molecule has 2 heterocycles. The van der Waals surface area contributed by atoms with E-state index in [0.29, 0.717) is 5.82 Å². The molecule has 0 N–H and O–H groups in total. The van der Waals surface area contributed by atoms with Crippen LogP contribution in [0.4, 0.5) is 0 Å².